The number of nitrogens with two attached hydrogens (primary N) is 1. The lowest BCUT2D eigenvalue weighted by Gasteiger charge is -2.37. The zero-order valence-corrected chi connectivity index (χ0v) is 28.9. The molecule has 4 aromatic rings. The molecule has 3 heterocycles. The Hall–Kier alpha value is -4.45. The quantitative estimate of drug-likeness (QED) is 0.230. The maximum atomic E-state index is 15.0. The number of anilines is 1. The highest BCUT2D eigenvalue weighted by molar-refractivity contribution is 5.95. The predicted octanol–water partition coefficient (Wildman–Crippen LogP) is 5.76. The van der Waals surface area contributed by atoms with Gasteiger partial charge in [-0.3, -0.25) is 0 Å². The molecule has 11 heteroatoms. The Morgan fingerprint density at radius 2 is 1.47 bits per heavy atom. The van der Waals surface area contributed by atoms with E-state index in [0.29, 0.717) is 36.7 Å². The summed E-state index contributed by atoms with van der Waals surface area (Å²) in [6, 6.07) is 24.8. The molecule has 0 spiro atoms. The van der Waals surface area contributed by atoms with Crippen molar-refractivity contribution in [2.45, 2.75) is 96.1 Å². The fourth-order valence-electron chi connectivity index (χ4n) is 6.99. The van der Waals surface area contributed by atoms with Crippen LogP contribution in [0.15, 0.2) is 78.9 Å². The molecule has 1 aromatic heterocycles. The Bertz CT molecular complexity index is 1770. The van der Waals surface area contributed by atoms with Gasteiger partial charge in [0.2, 0.25) is 0 Å². The molecule has 0 unspecified atom stereocenters. The third kappa shape index (κ3) is 7.59. The summed E-state index contributed by atoms with van der Waals surface area (Å²) in [5.41, 5.74) is 9.11. The van der Waals surface area contributed by atoms with Crippen molar-refractivity contribution < 1.29 is 28.9 Å². The fraction of sp³-hybridized carbons (Fsp3) is 0.447. The number of aromatic nitrogens is 2. The highest BCUT2D eigenvalue weighted by Crippen LogP contribution is 2.40. The first-order chi connectivity index (χ1) is 23.3. The smallest absolute Gasteiger partial charge is 0.435 e. The van der Waals surface area contributed by atoms with Crippen molar-refractivity contribution in [3.05, 3.63) is 95.6 Å². The monoisotopic (exact) mass is 669 g/mol. The first kappa shape index (κ1) is 34.4. The molecule has 3 N–H and O–H groups in total. The summed E-state index contributed by atoms with van der Waals surface area (Å²) in [7, 11) is 0. The molecule has 2 aliphatic heterocycles. The zero-order chi connectivity index (χ0) is 34.9. The van der Waals surface area contributed by atoms with Crippen LogP contribution in [0.2, 0.25) is 0 Å². The molecule has 2 fully saturated rings. The van der Waals surface area contributed by atoms with Crippen molar-refractivity contribution in [3.63, 3.8) is 0 Å². The zero-order valence-electron chi connectivity index (χ0n) is 28.9. The predicted molar refractivity (Wildman–Crippen MR) is 187 cm³/mol. The number of aliphatic hydroxyl groups excluding tert-OH is 1. The summed E-state index contributed by atoms with van der Waals surface area (Å²) in [6.07, 6.45) is 0.0279. The Balaban J connectivity index is 1.43. The molecule has 11 nitrogen and oxygen atoms in total. The molecule has 4 atom stereocenters. The molecule has 2 aliphatic rings. The second-order valence-corrected chi connectivity index (χ2v) is 14.4. The minimum absolute atomic E-state index is 0.0518. The van der Waals surface area contributed by atoms with Gasteiger partial charge >= 0.3 is 12.1 Å². The number of carbonyl (C=O) groups excluding carboxylic acids is 2. The average Bonchev–Trinajstić information content (AvgIpc) is 3.55. The van der Waals surface area contributed by atoms with Crippen LogP contribution in [0.1, 0.15) is 57.7 Å². The summed E-state index contributed by atoms with van der Waals surface area (Å²) >= 11 is 0. The number of amides is 2. The first-order valence-electron chi connectivity index (χ1n) is 17.0. The van der Waals surface area contributed by atoms with Crippen LogP contribution in [-0.2, 0) is 33.6 Å². The van der Waals surface area contributed by atoms with Crippen LogP contribution < -0.4 is 5.73 Å². The van der Waals surface area contributed by atoms with Gasteiger partial charge in [-0.1, -0.05) is 66.7 Å². The SMILES string of the molecule is CC(C)(C)OC(=O)n1nc(N)c2cc(CN3C(=O)N(CCCO)[C@H](Cc4ccccc4)[C@@H]4OC(C)(C)O[C@H]4[C@H]3Cc3ccccc3)ccc21. The van der Waals surface area contributed by atoms with Crippen LogP contribution >= 0.6 is 0 Å². The molecule has 260 valence electrons. The highest BCUT2D eigenvalue weighted by atomic mass is 16.8. The van der Waals surface area contributed by atoms with E-state index in [4.69, 9.17) is 19.9 Å². The first-order valence-corrected chi connectivity index (χ1v) is 17.0. The molecule has 0 bridgehead atoms. The molecule has 3 aromatic carbocycles. The van der Waals surface area contributed by atoms with Crippen molar-refractivity contribution in [2.24, 2.45) is 0 Å². The maximum absolute atomic E-state index is 15.0. The van der Waals surface area contributed by atoms with Gasteiger partial charge in [-0.25, -0.2) is 9.59 Å². The number of ether oxygens (including phenoxy) is 3. The summed E-state index contributed by atoms with van der Waals surface area (Å²) in [4.78, 5) is 31.7. The van der Waals surface area contributed by atoms with Crippen LogP contribution in [0, 0.1) is 0 Å². The van der Waals surface area contributed by atoms with Crippen molar-refractivity contribution in [3.8, 4) is 0 Å². The van der Waals surface area contributed by atoms with Crippen LogP contribution in [0.3, 0.4) is 0 Å². The summed E-state index contributed by atoms with van der Waals surface area (Å²) in [5, 5.41) is 14.8. The lowest BCUT2D eigenvalue weighted by Crippen LogP contribution is -2.52. The maximum Gasteiger partial charge on any atom is 0.435 e. The third-order valence-corrected chi connectivity index (χ3v) is 9.04. The van der Waals surface area contributed by atoms with Crippen molar-refractivity contribution in [1.82, 2.24) is 19.6 Å². The number of hydrogen-bond acceptors (Lipinski definition) is 8. The molecule has 0 radical (unpaired) electrons. The van der Waals surface area contributed by atoms with Gasteiger partial charge in [0.15, 0.2) is 11.6 Å². The Labute approximate surface area is 287 Å². The normalized spacial score (nSPS) is 22.3. The van der Waals surface area contributed by atoms with E-state index in [9.17, 15) is 14.7 Å². The van der Waals surface area contributed by atoms with Crippen molar-refractivity contribution in [2.75, 3.05) is 18.9 Å². The summed E-state index contributed by atoms with van der Waals surface area (Å²) in [5.74, 6) is -0.690. The van der Waals surface area contributed by atoms with Gasteiger partial charge < -0.3 is 34.9 Å². The number of fused-ring (bicyclic) bond motifs is 2. The van der Waals surface area contributed by atoms with E-state index in [1.807, 2.05) is 72.2 Å². The van der Waals surface area contributed by atoms with E-state index in [0.717, 1.165) is 16.7 Å². The van der Waals surface area contributed by atoms with Crippen LogP contribution in [0.4, 0.5) is 15.4 Å². The van der Waals surface area contributed by atoms with Gasteiger partial charge in [-0.15, -0.1) is 5.10 Å². The molecule has 2 amide bonds. The molecule has 49 heavy (non-hydrogen) atoms. The van der Waals surface area contributed by atoms with Gasteiger partial charge in [0, 0.05) is 25.1 Å². The summed E-state index contributed by atoms with van der Waals surface area (Å²) in [6.45, 7) is 9.76. The lowest BCUT2D eigenvalue weighted by molar-refractivity contribution is -0.157. The summed E-state index contributed by atoms with van der Waals surface area (Å²) < 4.78 is 20.2. The number of nitrogen functional groups attached to an aromatic ring is 1. The van der Waals surface area contributed by atoms with Crippen molar-refractivity contribution in [1.29, 1.82) is 0 Å². The van der Waals surface area contributed by atoms with Gasteiger partial charge in [-0.2, -0.15) is 4.68 Å². The topological polar surface area (TPSA) is 132 Å². The third-order valence-electron chi connectivity index (χ3n) is 9.04. The largest absolute Gasteiger partial charge is 0.442 e. The highest BCUT2D eigenvalue weighted by Gasteiger charge is 2.55. The Morgan fingerprint density at radius 1 is 0.898 bits per heavy atom. The molecular formula is C38H47N5O6. The Kier molecular flexibility index (Phi) is 9.70. The standard InChI is InChI=1S/C38H47N5O6/c1-37(2,3)49-36(46)43-29-18-17-27(21-28(29)34(39)40-43)24-42-31(23-26-15-10-7-11-16-26)33-32(47-38(4,5)48-33)30(22-25-13-8-6-9-14-25)41(35(42)45)19-12-20-44/h6-11,13-18,21,30-33,44H,12,19-20,22-24H2,1-5H3,(H2,39,40)/t30-,31-,32+,33+/m1/s1. The fourth-order valence-corrected chi connectivity index (χ4v) is 6.99. The molecule has 0 saturated carbocycles. The van der Waals surface area contributed by atoms with E-state index >= 15 is 0 Å². The molecule has 6 rings (SSSR count). The average molecular weight is 670 g/mol. The minimum atomic E-state index is -0.877. The van der Waals surface area contributed by atoms with E-state index < -0.39 is 35.7 Å². The van der Waals surface area contributed by atoms with Crippen LogP contribution in [0.25, 0.3) is 10.9 Å². The van der Waals surface area contributed by atoms with E-state index in [1.165, 1.54) is 4.68 Å². The number of carbonyl (C=O) groups is 2. The second kappa shape index (κ2) is 13.8. The number of benzene rings is 3. The van der Waals surface area contributed by atoms with Crippen LogP contribution in [0.5, 0.6) is 0 Å². The van der Waals surface area contributed by atoms with E-state index in [1.54, 1.807) is 26.8 Å². The second-order valence-electron chi connectivity index (χ2n) is 14.4. The molecule has 2 saturated heterocycles. The lowest BCUT2D eigenvalue weighted by atomic mass is 9.91. The Morgan fingerprint density at radius 3 is 2.02 bits per heavy atom. The van der Waals surface area contributed by atoms with Gasteiger partial charge in [-0.05, 0) is 82.7 Å². The van der Waals surface area contributed by atoms with E-state index in [2.05, 4.69) is 29.4 Å². The molecule has 0 aliphatic carbocycles. The number of nitrogens with zero attached hydrogens (tertiary/aromatic N) is 4. The van der Waals surface area contributed by atoms with Gasteiger partial charge in [0.1, 0.15) is 17.8 Å². The number of urea groups is 1. The minimum Gasteiger partial charge on any atom is -0.442 e. The van der Waals surface area contributed by atoms with Crippen molar-refractivity contribution >= 4 is 28.8 Å². The number of aliphatic hydroxyl groups is 1. The number of rotatable bonds is 9. The van der Waals surface area contributed by atoms with Gasteiger partial charge in [0.05, 0.1) is 17.6 Å². The molecular weight excluding hydrogens is 622 g/mol. The van der Waals surface area contributed by atoms with E-state index in [-0.39, 0.29) is 31.0 Å². The van der Waals surface area contributed by atoms with Crippen LogP contribution in [-0.4, -0.2) is 85.6 Å². The van der Waals surface area contributed by atoms with Gasteiger partial charge in [0.25, 0.3) is 0 Å². The number of hydrogen-bond donors (Lipinski definition) is 2.